The second-order valence-electron chi connectivity index (χ2n) is 14.5. The zero-order chi connectivity index (χ0) is 27.2. The Kier molecular flexibility index (Phi) is 6.52. The molecule has 2 heterocycles. The molecule has 214 valence electrons. The van der Waals surface area contributed by atoms with Crippen LogP contribution in [0.5, 0.6) is 0 Å². The molecular weight excluding hydrogens is 484 g/mol. The molecule has 2 aliphatic heterocycles. The summed E-state index contributed by atoms with van der Waals surface area (Å²) in [6.45, 7) is 12.9. The van der Waals surface area contributed by atoms with Crippen molar-refractivity contribution in [1.29, 1.82) is 0 Å². The Morgan fingerprint density at radius 2 is 1.58 bits per heavy atom. The SMILES string of the molecule is CC(=O)O[C@H]1CC[C@@]2(C)[C@H](C1)[C@H](OC(C)=O)C[C@@H]1[C@@H]2CC[C@]2(C)[C@@H]3[C@H](C[C@@H]12)O[C@@]1(OC[C@H](C)CC1O)[C@H]3C. The van der Waals surface area contributed by atoms with E-state index in [1.54, 1.807) is 0 Å². The van der Waals surface area contributed by atoms with E-state index in [1.165, 1.54) is 20.3 Å². The lowest BCUT2D eigenvalue weighted by atomic mass is 9.43. The molecule has 38 heavy (non-hydrogen) atoms. The molecule has 0 aromatic rings. The Balaban J connectivity index is 1.28. The first-order valence-corrected chi connectivity index (χ1v) is 15.2. The molecule has 14 atom stereocenters. The molecule has 0 aromatic heterocycles. The molecule has 1 spiro atoms. The molecule has 6 fully saturated rings. The Morgan fingerprint density at radius 3 is 2.26 bits per heavy atom. The predicted octanol–water partition coefficient (Wildman–Crippen LogP) is 4.88. The lowest BCUT2D eigenvalue weighted by molar-refractivity contribution is -0.316. The van der Waals surface area contributed by atoms with Crippen LogP contribution in [0, 0.1) is 52.3 Å². The van der Waals surface area contributed by atoms with Gasteiger partial charge in [0.05, 0.1) is 12.7 Å². The summed E-state index contributed by atoms with van der Waals surface area (Å²) in [4.78, 5) is 24.0. The van der Waals surface area contributed by atoms with Crippen molar-refractivity contribution in [3.8, 4) is 0 Å². The van der Waals surface area contributed by atoms with E-state index >= 15 is 0 Å². The highest BCUT2D eigenvalue weighted by Crippen LogP contribution is 2.71. The smallest absolute Gasteiger partial charge is 0.302 e. The van der Waals surface area contributed by atoms with Gasteiger partial charge in [-0.3, -0.25) is 9.59 Å². The van der Waals surface area contributed by atoms with E-state index in [0.29, 0.717) is 36.2 Å². The van der Waals surface area contributed by atoms with Gasteiger partial charge in [0.2, 0.25) is 0 Å². The fraction of sp³-hybridized carbons (Fsp3) is 0.935. The summed E-state index contributed by atoms with van der Waals surface area (Å²) in [6.07, 6.45) is 6.86. The number of hydrogen-bond acceptors (Lipinski definition) is 7. The molecule has 2 saturated heterocycles. The zero-order valence-electron chi connectivity index (χ0n) is 24.1. The minimum atomic E-state index is -0.869. The summed E-state index contributed by atoms with van der Waals surface area (Å²) >= 11 is 0. The minimum absolute atomic E-state index is 0.0607. The minimum Gasteiger partial charge on any atom is -0.463 e. The van der Waals surface area contributed by atoms with E-state index < -0.39 is 11.9 Å². The average Bonchev–Trinajstić information content (AvgIpc) is 3.28. The van der Waals surface area contributed by atoms with Crippen molar-refractivity contribution in [1.82, 2.24) is 0 Å². The van der Waals surface area contributed by atoms with Crippen LogP contribution in [0.3, 0.4) is 0 Å². The highest BCUT2D eigenvalue weighted by Gasteiger charge is 2.71. The lowest BCUT2D eigenvalue weighted by Crippen LogP contribution is -2.60. The summed E-state index contributed by atoms with van der Waals surface area (Å²) < 4.78 is 24.9. The fourth-order valence-electron chi connectivity index (χ4n) is 11.1. The molecule has 1 N–H and O–H groups in total. The summed E-state index contributed by atoms with van der Waals surface area (Å²) in [7, 11) is 0. The molecule has 0 radical (unpaired) electrons. The van der Waals surface area contributed by atoms with Crippen molar-refractivity contribution in [2.75, 3.05) is 6.61 Å². The van der Waals surface area contributed by atoms with Crippen molar-refractivity contribution in [3.63, 3.8) is 0 Å². The number of carbonyl (C=O) groups excluding carboxylic acids is 2. The first kappa shape index (κ1) is 27.0. The van der Waals surface area contributed by atoms with Gasteiger partial charge in [-0.15, -0.1) is 0 Å². The van der Waals surface area contributed by atoms with E-state index in [0.717, 1.165) is 44.9 Å². The van der Waals surface area contributed by atoms with Crippen LogP contribution >= 0.6 is 0 Å². The average molecular weight is 533 g/mol. The van der Waals surface area contributed by atoms with Gasteiger partial charge in [0.25, 0.3) is 0 Å². The zero-order valence-corrected chi connectivity index (χ0v) is 24.1. The van der Waals surface area contributed by atoms with Gasteiger partial charge in [0.15, 0.2) is 5.79 Å². The van der Waals surface area contributed by atoms with Gasteiger partial charge in [-0.2, -0.15) is 0 Å². The fourth-order valence-corrected chi connectivity index (χ4v) is 11.1. The highest BCUT2D eigenvalue weighted by molar-refractivity contribution is 5.66. The van der Waals surface area contributed by atoms with Crippen molar-refractivity contribution in [3.05, 3.63) is 0 Å². The first-order chi connectivity index (χ1) is 17.9. The third-order valence-corrected chi connectivity index (χ3v) is 12.5. The number of hydrogen-bond donors (Lipinski definition) is 1. The number of carbonyl (C=O) groups is 2. The molecule has 4 saturated carbocycles. The van der Waals surface area contributed by atoms with Gasteiger partial charge in [0, 0.05) is 25.7 Å². The van der Waals surface area contributed by atoms with Crippen LogP contribution in [0.1, 0.15) is 92.9 Å². The molecule has 6 rings (SSSR count). The third-order valence-electron chi connectivity index (χ3n) is 12.5. The van der Waals surface area contributed by atoms with Crippen LogP contribution in [0.25, 0.3) is 0 Å². The molecule has 7 heteroatoms. The predicted molar refractivity (Wildman–Crippen MR) is 140 cm³/mol. The Bertz CT molecular complexity index is 968. The van der Waals surface area contributed by atoms with Gasteiger partial charge < -0.3 is 24.1 Å². The maximum Gasteiger partial charge on any atom is 0.302 e. The van der Waals surface area contributed by atoms with Crippen LogP contribution in [0.4, 0.5) is 0 Å². The molecule has 1 unspecified atom stereocenters. The number of aliphatic hydroxyl groups excluding tert-OH is 1. The molecular formula is C31H48O7. The second-order valence-corrected chi connectivity index (χ2v) is 14.5. The molecule has 0 bridgehead atoms. The maximum atomic E-state index is 12.3. The molecule has 4 aliphatic carbocycles. The van der Waals surface area contributed by atoms with Crippen LogP contribution in [0.2, 0.25) is 0 Å². The van der Waals surface area contributed by atoms with Crippen LogP contribution in [-0.2, 0) is 28.5 Å². The normalized spacial score (nSPS) is 55.4. The molecule has 0 amide bonds. The number of esters is 2. The topological polar surface area (TPSA) is 91.3 Å². The number of ether oxygens (including phenoxy) is 4. The Hall–Kier alpha value is -1.18. The molecule has 6 aliphatic rings. The summed E-state index contributed by atoms with van der Waals surface area (Å²) in [6, 6.07) is 0. The summed E-state index contributed by atoms with van der Waals surface area (Å²) in [5.74, 6) is 1.27. The van der Waals surface area contributed by atoms with E-state index in [-0.39, 0.29) is 52.9 Å². The monoisotopic (exact) mass is 532 g/mol. The molecule has 7 nitrogen and oxygen atoms in total. The molecule has 0 aromatic carbocycles. The standard InChI is InChI=1S/C31H48O7/c1-16-11-27(34)31(35-15-16)17(2)28-26(38-31)14-23-21-13-25(37-19(4)33)24-12-20(36-18(3)32)7-9-29(24,5)22(21)8-10-30(23,28)6/h16-17,20-28,34H,7-15H2,1-6H3/t16-,17+,20+,21-,22+,23+,24-,25-,26+,27?,28+,29-,30+,31+/m1/s1. The first-order valence-electron chi connectivity index (χ1n) is 15.2. The van der Waals surface area contributed by atoms with Crippen LogP contribution in [0.15, 0.2) is 0 Å². The van der Waals surface area contributed by atoms with E-state index in [2.05, 4.69) is 27.7 Å². The van der Waals surface area contributed by atoms with Gasteiger partial charge in [-0.25, -0.2) is 0 Å². The second kappa shape index (κ2) is 9.17. The lowest BCUT2D eigenvalue weighted by Gasteiger charge is -2.62. The van der Waals surface area contributed by atoms with Gasteiger partial charge in [0.1, 0.15) is 18.3 Å². The van der Waals surface area contributed by atoms with E-state index in [9.17, 15) is 14.7 Å². The number of fused-ring (bicyclic) bond motifs is 7. The van der Waals surface area contributed by atoms with Crippen molar-refractivity contribution >= 4 is 11.9 Å². The van der Waals surface area contributed by atoms with Gasteiger partial charge in [-0.05, 0) is 91.8 Å². The third kappa shape index (κ3) is 3.84. The van der Waals surface area contributed by atoms with Crippen molar-refractivity contribution in [2.45, 2.75) is 123 Å². The summed E-state index contributed by atoms with van der Waals surface area (Å²) in [5.41, 5.74) is 0.172. The number of rotatable bonds is 2. The number of aliphatic hydroxyl groups is 1. The van der Waals surface area contributed by atoms with Crippen molar-refractivity contribution < 1.29 is 33.6 Å². The van der Waals surface area contributed by atoms with E-state index in [4.69, 9.17) is 18.9 Å². The van der Waals surface area contributed by atoms with Crippen LogP contribution < -0.4 is 0 Å². The largest absolute Gasteiger partial charge is 0.463 e. The summed E-state index contributed by atoms with van der Waals surface area (Å²) in [5, 5.41) is 11.2. The van der Waals surface area contributed by atoms with E-state index in [1.807, 2.05) is 0 Å². The quantitative estimate of drug-likeness (QED) is 0.507. The maximum absolute atomic E-state index is 12.3. The Labute approximate surface area is 227 Å². The van der Waals surface area contributed by atoms with Crippen molar-refractivity contribution in [2.24, 2.45) is 52.3 Å². The highest BCUT2D eigenvalue weighted by atomic mass is 16.7. The van der Waals surface area contributed by atoms with Gasteiger partial charge >= 0.3 is 11.9 Å². The Morgan fingerprint density at radius 1 is 0.868 bits per heavy atom. The van der Waals surface area contributed by atoms with Crippen LogP contribution in [-0.4, -0.2) is 53.9 Å². The van der Waals surface area contributed by atoms with Gasteiger partial charge in [-0.1, -0.05) is 27.7 Å².